The van der Waals surface area contributed by atoms with Crippen LogP contribution in [0.1, 0.15) is 158 Å². The summed E-state index contributed by atoms with van der Waals surface area (Å²) in [4.78, 5) is 13.5. The lowest BCUT2D eigenvalue weighted by atomic mass is 9.31. The molecule has 0 N–H and O–H groups in total. The standard InChI is InChI=1S/C42H74NO3.BrH/c1-11-12-13-14-15-16-27-43(9,10)28-34(44)46-33-20-21-39(6)31(38(33,4)5)19-22-41(8)32(39)18-17-30-35-36-37(2,3)23-25-42(35,29-45-36)26-24-40(30,41)7;/h30-33,35-36H,11-29H2,1-10H3;1H/q+1;/p-1/t30?,31?,32?,33-,35?,36+,39-,40+,41+,42+;/m0./s1. The molecule has 2 bridgehead atoms. The van der Waals surface area contributed by atoms with E-state index in [9.17, 15) is 4.79 Å². The second kappa shape index (κ2) is 13.1. The molecule has 0 amide bonds. The minimum Gasteiger partial charge on any atom is -1.00 e. The highest BCUT2D eigenvalue weighted by atomic mass is 79.9. The van der Waals surface area contributed by atoms with Gasteiger partial charge in [0.2, 0.25) is 0 Å². The lowest BCUT2D eigenvalue weighted by Gasteiger charge is -2.73. The Bertz CT molecular complexity index is 1130. The molecule has 10 atom stereocenters. The second-order valence-corrected chi connectivity index (χ2v) is 20.7. The van der Waals surface area contributed by atoms with Gasteiger partial charge in [0.1, 0.15) is 6.10 Å². The smallest absolute Gasteiger partial charge is 0.362 e. The summed E-state index contributed by atoms with van der Waals surface area (Å²) in [5, 5.41) is 0. The SMILES string of the molecule is CCCCCCCC[N+](C)(C)CC(=O)O[C@H]1CC[C@@]2(C)C(CC[C@]3(C)C2CCC2C4[C@H]5OC[C@@]4(CCC5(C)C)CC[C@]23C)C1(C)C.[Br-]. The molecule has 4 nitrogen and oxygen atoms in total. The first-order valence-electron chi connectivity index (χ1n) is 20.1. The van der Waals surface area contributed by atoms with Gasteiger partial charge in [0.15, 0.2) is 6.54 Å². The molecule has 0 aromatic rings. The Hall–Kier alpha value is -0.130. The topological polar surface area (TPSA) is 35.5 Å². The summed E-state index contributed by atoms with van der Waals surface area (Å²) in [6, 6.07) is 0. The second-order valence-electron chi connectivity index (χ2n) is 20.7. The van der Waals surface area contributed by atoms with E-state index in [1.54, 1.807) is 0 Å². The van der Waals surface area contributed by atoms with Crippen molar-refractivity contribution in [3.63, 3.8) is 0 Å². The van der Waals surface area contributed by atoms with Crippen LogP contribution in [0.5, 0.6) is 0 Å². The molecule has 0 aromatic heterocycles. The number of rotatable bonds is 10. The van der Waals surface area contributed by atoms with Gasteiger partial charge in [0.05, 0.1) is 33.4 Å². The summed E-state index contributed by atoms with van der Waals surface area (Å²) >= 11 is 0. The van der Waals surface area contributed by atoms with Crippen molar-refractivity contribution in [1.29, 1.82) is 0 Å². The quantitative estimate of drug-likeness (QED) is 0.136. The Morgan fingerprint density at radius 3 is 2.17 bits per heavy atom. The van der Waals surface area contributed by atoms with E-state index in [1.807, 2.05) is 0 Å². The number of fused-ring (bicyclic) bond motifs is 5. The van der Waals surface area contributed by atoms with Gasteiger partial charge in [-0.3, -0.25) is 0 Å². The molecular weight excluding hydrogens is 646 g/mol. The van der Waals surface area contributed by atoms with Crippen LogP contribution in [0.15, 0.2) is 0 Å². The van der Waals surface area contributed by atoms with Crippen molar-refractivity contribution in [3.8, 4) is 0 Å². The molecule has 47 heavy (non-hydrogen) atoms. The monoisotopic (exact) mass is 719 g/mol. The molecule has 0 radical (unpaired) electrons. The predicted molar refractivity (Wildman–Crippen MR) is 189 cm³/mol. The van der Waals surface area contributed by atoms with Gasteiger partial charge < -0.3 is 30.9 Å². The first kappa shape index (κ1) is 38.1. The average molecular weight is 721 g/mol. The van der Waals surface area contributed by atoms with Crippen LogP contribution in [0.3, 0.4) is 0 Å². The number of hydrogen-bond acceptors (Lipinski definition) is 3. The van der Waals surface area contributed by atoms with Crippen LogP contribution in [0.25, 0.3) is 0 Å². The van der Waals surface area contributed by atoms with E-state index < -0.39 is 0 Å². The third-order valence-corrected chi connectivity index (χ3v) is 17.0. The predicted octanol–water partition coefficient (Wildman–Crippen LogP) is 7.23. The van der Waals surface area contributed by atoms with Crippen LogP contribution in [0, 0.1) is 56.2 Å². The van der Waals surface area contributed by atoms with Gasteiger partial charge in [0, 0.05) is 5.41 Å². The molecule has 6 aliphatic rings. The van der Waals surface area contributed by atoms with Gasteiger partial charge >= 0.3 is 5.97 Å². The molecule has 5 heteroatoms. The third kappa shape index (κ3) is 6.14. The summed E-state index contributed by atoms with van der Waals surface area (Å²) in [7, 11) is 4.43. The van der Waals surface area contributed by atoms with Crippen molar-refractivity contribution in [2.45, 2.75) is 170 Å². The zero-order chi connectivity index (χ0) is 33.4. The molecule has 272 valence electrons. The number of carbonyl (C=O) groups excluding carboxylic acids is 1. The maximum Gasteiger partial charge on any atom is 0.362 e. The molecule has 4 unspecified atom stereocenters. The summed E-state index contributed by atoms with van der Waals surface area (Å²) < 4.78 is 14.0. The highest BCUT2D eigenvalue weighted by Crippen LogP contribution is 2.78. The van der Waals surface area contributed by atoms with Gasteiger partial charge in [-0.15, -0.1) is 0 Å². The van der Waals surface area contributed by atoms with E-state index in [4.69, 9.17) is 9.47 Å². The summed E-state index contributed by atoms with van der Waals surface area (Å²) in [5.74, 6) is 2.95. The third-order valence-electron chi connectivity index (χ3n) is 17.0. The van der Waals surface area contributed by atoms with Gasteiger partial charge in [-0.05, 0) is 128 Å². The molecule has 1 aliphatic heterocycles. The van der Waals surface area contributed by atoms with Crippen LogP contribution < -0.4 is 17.0 Å². The number of ether oxygens (including phenoxy) is 2. The number of nitrogens with zero attached hydrogens (tertiary/aromatic N) is 1. The Morgan fingerprint density at radius 2 is 1.45 bits per heavy atom. The van der Waals surface area contributed by atoms with Gasteiger partial charge in [-0.1, -0.05) is 81.1 Å². The largest absolute Gasteiger partial charge is 1.00 e. The van der Waals surface area contributed by atoms with E-state index in [1.165, 1.54) is 96.3 Å². The molecule has 5 aliphatic carbocycles. The van der Waals surface area contributed by atoms with Crippen LogP contribution in [0.4, 0.5) is 0 Å². The van der Waals surface area contributed by atoms with Gasteiger partial charge in [0.25, 0.3) is 0 Å². The zero-order valence-electron chi connectivity index (χ0n) is 32.4. The van der Waals surface area contributed by atoms with Crippen molar-refractivity contribution < 1.29 is 35.7 Å². The van der Waals surface area contributed by atoms with E-state index in [2.05, 4.69) is 69.5 Å². The van der Waals surface area contributed by atoms with Crippen molar-refractivity contribution in [3.05, 3.63) is 0 Å². The molecular formula is C42H74BrNO3. The molecule has 0 spiro atoms. The number of quaternary nitrogens is 1. The number of unbranched alkanes of at least 4 members (excludes halogenated alkanes) is 5. The zero-order valence-corrected chi connectivity index (χ0v) is 34.0. The molecule has 5 saturated carbocycles. The van der Waals surface area contributed by atoms with E-state index in [0.29, 0.717) is 45.6 Å². The van der Waals surface area contributed by atoms with Crippen LogP contribution >= 0.6 is 0 Å². The summed E-state index contributed by atoms with van der Waals surface area (Å²) in [6.07, 6.45) is 21.4. The van der Waals surface area contributed by atoms with Crippen LogP contribution in [-0.2, 0) is 14.3 Å². The Labute approximate surface area is 301 Å². The van der Waals surface area contributed by atoms with Crippen molar-refractivity contribution in [2.75, 3.05) is 33.8 Å². The normalized spacial score (nSPS) is 44.6. The molecule has 0 aromatic carbocycles. The van der Waals surface area contributed by atoms with E-state index >= 15 is 0 Å². The Morgan fingerprint density at radius 1 is 0.766 bits per heavy atom. The summed E-state index contributed by atoms with van der Waals surface area (Å²) in [6.45, 7) is 23.0. The van der Waals surface area contributed by atoms with Gasteiger partial charge in [-0.25, -0.2) is 4.79 Å². The molecule has 6 fully saturated rings. The van der Waals surface area contributed by atoms with Crippen molar-refractivity contribution in [2.24, 2.45) is 56.2 Å². The molecule has 6 rings (SSSR count). The van der Waals surface area contributed by atoms with Crippen LogP contribution in [0.2, 0.25) is 0 Å². The number of halogens is 1. The minimum absolute atomic E-state index is 0. The van der Waals surface area contributed by atoms with Crippen molar-refractivity contribution >= 4 is 5.97 Å². The number of carbonyl (C=O) groups is 1. The Kier molecular flexibility index (Phi) is 10.6. The first-order valence-corrected chi connectivity index (χ1v) is 20.1. The van der Waals surface area contributed by atoms with Gasteiger partial charge in [-0.2, -0.15) is 0 Å². The number of hydrogen-bond donors (Lipinski definition) is 0. The number of likely N-dealkylation sites (N-methyl/N-ethyl adjacent to an activating group) is 1. The minimum atomic E-state index is 0. The maximum absolute atomic E-state index is 13.5. The number of esters is 1. The molecule has 1 heterocycles. The fourth-order valence-electron chi connectivity index (χ4n) is 14.1. The Balaban J connectivity index is 0.00000433. The summed E-state index contributed by atoms with van der Waals surface area (Å²) in [5.41, 5.74) is 1.87. The fourth-order valence-corrected chi connectivity index (χ4v) is 14.1. The lowest BCUT2D eigenvalue weighted by molar-refractivity contribution is -0.883. The maximum atomic E-state index is 13.5. The van der Waals surface area contributed by atoms with Crippen LogP contribution in [-0.4, -0.2) is 56.5 Å². The van der Waals surface area contributed by atoms with E-state index in [-0.39, 0.29) is 34.5 Å². The average Bonchev–Trinajstić information content (AvgIpc) is 3.30. The highest BCUT2D eigenvalue weighted by molar-refractivity contribution is 5.70. The lowest BCUT2D eigenvalue weighted by Crippen LogP contribution is -3.00. The molecule has 1 saturated heterocycles. The van der Waals surface area contributed by atoms with Crippen molar-refractivity contribution in [1.82, 2.24) is 0 Å². The fraction of sp³-hybridized carbons (Fsp3) is 0.976. The highest BCUT2D eigenvalue weighted by Gasteiger charge is 2.73. The first-order chi connectivity index (χ1) is 21.5. The van der Waals surface area contributed by atoms with E-state index in [0.717, 1.165) is 41.8 Å².